The molecule has 0 radical (unpaired) electrons. The average Bonchev–Trinajstić information content (AvgIpc) is 2.23. The van der Waals surface area contributed by atoms with Crippen LogP contribution in [0.5, 0.6) is 0 Å². The van der Waals surface area contributed by atoms with Gasteiger partial charge in [-0.3, -0.25) is 5.41 Å². The maximum atomic E-state index is 7.71. The molecule has 1 rings (SSSR count). The fourth-order valence-electron chi connectivity index (χ4n) is 1.98. The third-order valence-corrected chi connectivity index (χ3v) is 3.00. The Hall–Kier alpha value is -1.58. The van der Waals surface area contributed by atoms with Crippen molar-refractivity contribution in [2.75, 3.05) is 18.5 Å². The zero-order valence-electron chi connectivity index (χ0n) is 12.0. The van der Waals surface area contributed by atoms with Gasteiger partial charge in [-0.15, -0.1) is 0 Å². The van der Waals surface area contributed by atoms with E-state index in [0.29, 0.717) is 5.92 Å². The van der Waals surface area contributed by atoms with Crippen molar-refractivity contribution in [2.24, 2.45) is 11.7 Å². The van der Waals surface area contributed by atoms with Gasteiger partial charge in [-0.1, -0.05) is 13.8 Å². The van der Waals surface area contributed by atoms with Gasteiger partial charge in [0.1, 0.15) is 11.7 Å². The summed E-state index contributed by atoms with van der Waals surface area (Å²) in [6.07, 6.45) is 1.10. The molecular formula is C14H24N4. The molecule has 3 N–H and O–H groups in total. The van der Waals surface area contributed by atoms with E-state index in [9.17, 15) is 0 Å². The standard InChI is InChI=1S/C14H24N4/c1-9(2)6-7-18(5)14-12(13(15)16)10(3)8-11(4)17-14/h8-9H,6-7H2,1-5H3,(H3,15,16). The van der Waals surface area contributed by atoms with Crippen molar-refractivity contribution in [1.82, 2.24) is 4.98 Å². The molecule has 4 heteroatoms. The summed E-state index contributed by atoms with van der Waals surface area (Å²) in [4.78, 5) is 6.63. The zero-order chi connectivity index (χ0) is 13.9. The fourth-order valence-corrected chi connectivity index (χ4v) is 1.98. The van der Waals surface area contributed by atoms with Crippen molar-refractivity contribution in [3.63, 3.8) is 0 Å². The normalized spacial score (nSPS) is 10.8. The maximum Gasteiger partial charge on any atom is 0.139 e. The third-order valence-electron chi connectivity index (χ3n) is 3.00. The molecule has 0 saturated heterocycles. The minimum Gasteiger partial charge on any atom is -0.384 e. The van der Waals surface area contributed by atoms with Crippen LogP contribution in [-0.4, -0.2) is 24.4 Å². The van der Waals surface area contributed by atoms with Gasteiger partial charge >= 0.3 is 0 Å². The van der Waals surface area contributed by atoms with Crippen LogP contribution in [-0.2, 0) is 0 Å². The molecule has 100 valence electrons. The Morgan fingerprint density at radius 3 is 2.56 bits per heavy atom. The summed E-state index contributed by atoms with van der Waals surface area (Å²) in [7, 11) is 2.01. The number of amidine groups is 1. The molecule has 0 aliphatic carbocycles. The van der Waals surface area contributed by atoms with Gasteiger partial charge in [0, 0.05) is 19.3 Å². The number of hydrogen-bond acceptors (Lipinski definition) is 3. The predicted molar refractivity (Wildman–Crippen MR) is 77.5 cm³/mol. The summed E-state index contributed by atoms with van der Waals surface area (Å²) in [5.74, 6) is 1.56. The highest BCUT2D eigenvalue weighted by Gasteiger charge is 2.15. The number of nitrogen functional groups attached to an aromatic ring is 1. The highest BCUT2D eigenvalue weighted by atomic mass is 15.2. The van der Waals surface area contributed by atoms with Crippen LogP contribution in [0.1, 0.15) is 37.1 Å². The number of aryl methyl sites for hydroxylation is 2. The van der Waals surface area contributed by atoms with E-state index < -0.39 is 0 Å². The summed E-state index contributed by atoms with van der Waals surface area (Å²) < 4.78 is 0. The second-order valence-electron chi connectivity index (χ2n) is 5.30. The van der Waals surface area contributed by atoms with E-state index in [4.69, 9.17) is 11.1 Å². The van der Waals surface area contributed by atoms with Crippen molar-refractivity contribution < 1.29 is 0 Å². The molecule has 0 aromatic carbocycles. The van der Waals surface area contributed by atoms with Gasteiger partial charge in [0.2, 0.25) is 0 Å². The van der Waals surface area contributed by atoms with Crippen molar-refractivity contribution in [2.45, 2.75) is 34.1 Å². The number of nitrogens with two attached hydrogens (primary N) is 1. The number of nitrogens with one attached hydrogen (secondary N) is 1. The largest absolute Gasteiger partial charge is 0.384 e. The van der Waals surface area contributed by atoms with E-state index in [-0.39, 0.29) is 5.84 Å². The van der Waals surface area contributed by atoms with Gasteiger partial charge in [-0.25, -0.2) is 4.98 Å². The lowest BCUT2D eigenvalue weighted by Gasteiger charge is -2.23. The topological polar surface area (TPSA) is 66.0 Å². The molecule has 0 saturated carbocycles. The van der Waals surface area contributed by atoms with E-state index >= 15 is 0 Å². The Bertz CT molecular complexity index is 438. The van der Waals surface area contributed by atoms with Crippen LogP contribution >= 0.6 is 0 Å². The number of pyridine rings is 1. The lowest BCUT2D eigenvalue weighted by Crippen LogP contribution is -2.26. The smallest absolute Gasteiger partial charge is 0.139 e. The molecule has 0 atom stereocenters. The minimum atomic E-state index is 0.0893. The number of nitrogens with zero attached hydrogens (tertiary/aromatic N) is 2. The first-order chi connectivity index (χ1) is 8.32. The summed E-state index contributed by atoms with van der Waals surface area (Å²) >= 11 is 0. The van der Waals surface area contributed by atoms with E-state index in [1.165, 1.54) is 0 Å². The average molecular weight is 248 g/mol. The van der Waals surface area contributed by atoms with Gasteiger partial charge < -0.3 is 10.6 Å². The van der Waals surface area contributed by atoms with Crippen LogP contribution in [0.3, 0.4) is 0 Å². The van der Waals surface area contributed by atoms with Gasteiger partial charge in [0.25, 0.3) is 0 Å². The van der Waals surface area contributed by atoms with Crippen molar-refractivity contribution >= 4 is 11.7 Å². The molecule has 1 aromatic rings. The zero-order valence-corrected chi connectivity index (χ0v) is 12.0. The Labute approximate surface area is 110 Å². The Balaban J connectivity index is 3.09. The van der Waals surface area contributed by atoms with Gasteiger partial charge in [0.05, 0.1) is 5.56 Å². The summed E-state index contributed by atoms with van der Waals surface area (Å²) in [5.41, 5.74) is 8.41. The maximum absolute atomic E-state index is 7.71. The van der Waals surface area contributed by atoms with E-state index in [0.717, 1.165) is 35.6 Å². The first kappa shape index (κ1) is 14.5. The van der Waals surface area contributed by atoms with Crippen molar-refractivity contribution in [3.8, 4) is 0 Å². The monoisotopic (exact) mass is 248 g/mol. The van der Waals surface area contributed by atoms with E-state index in [1.807, 2.05) is 27.0 Å². The molecule has 0 bridgehead atoms. The number of anilines is 1. The van der Waals surface area contributed by atoms with Crippen LogP contribution in [0.4, 0.5) is 5.82 Å². The second kappa shape index (κ2) is 5.85. The van der Waals surface area contributed by atoms with Crippen LogP contribution in [0.2, 0.25) is 0 Å². The molecule has 1 heterocycles. The van der Waals surface area contributed by atoms with Crippen LogP contribution in [0.25, 0.3) is 0 Å². The van der Waals surface area contributed by atoms with Gasteiger partial charge in [0.15, 0.2) is 0 Å². The molecule has 18 heavy (non-hydrogen) atoms. The Kier molecular flexibility index (Phi) is 4.70. The molecule has 1 aromatic heterocycles. The summed E-state index contributed by atoms with van der Waals surface area (Å²) in [5, 5.41) is 7.71. The molecule has 0 amide bonds. The number of hydrogen-bond donors (Lipinski definition) is 2. The number of rotatable bonds is 5. The van der Waals surface area contributed by atoms with Crippen molar-refractivity contribution in [1.29, 1.82) is 5.41 Å². The summed E-state index contributed by atoms with van der Waals surface area (Å²) in [6.45, 7) is 9.28. The van der Waals surface area contributed by atoms with E-state index in [2.05, 4.69) is 23.7 Å². The van der Waals surface area contributed by atoms with Crippen LogP contribution in [0.15, 0.2) is 6.07 Å². The predicted octanol–water partition coefficient (Wildman–Crippen LogP) is 2.46. The highest BCUT2D eigenvalue weighted by molar-refractivity contribution is 6.01. The van der Waals surface area contributed by atoms with E-state index in [1.54, 1.807) is 0 Å². The van der Waals surface area contributed by atoms with Crippen LogP contribution in [0, 0.1) is 25.2 Å². The second-order valence-corrected chi connectivity index (χ2v) is 5.30. The van der Waals surface area contributed by atoms with Gasteiger partial charge in [-0.2, -0.15) is 0 Å². The Morgan fingerprint density at radius 2 is 2.06 bits per heavy atom. The molecule has 0 fully saturated rings. The quantitative estimate of drug-likeness (QED) is 0.621. The molecule has 0 spiro atoms. The molecule has 0 unspecified atom stereocenters. The SMILES string of the molecule is Cc1cc(C)c(C(=N)N)c(N(C)CCC(C)C)n1. The highest BCUT2D eigenvalue weighted by Crippen LogP contribution is 2.21. The lowest BCUT2D eigenvalue weighted by molar-refractivity contribution is 0.583. The summed E-state index contributed by atoms with van der Waals surface area (Å²) in [6, 6.07) is 1.97. The molecule has 0 aliphatic heterocycles. The Morgan fingerprint density at radius 1 is 1.44 bits per heavy atom. The fraction of sp³-hybridized carbons (Fsp3) is 0.571. The van der Waals surface area contributed by atoms with Gasteiger partial charge in [-0.05, 0) is 37.8 Å². The minimum absolute atomic E-state index is 0.0893. The molecule has 4 nitrogen and oxygen atoms in total. The van der Waals surface area contributed by atoms with Crippen LogP contribution < -0.4 is 10.6 Å². The lowest BCUT2D eigenvalue weighted by atomic mass is 10.1. The molecule has 0 aliphatic rings. The first-order valence-electron chi connectivity index (χ1n) is 6.36. The third kappa shape index (κ3) is 3.45. The van der Waals surface area contributed by atoms with Crippen molar-refractivity contribution in [3.05, 3.63) is 22.9 Å². The molecular weight excluding hydrogens is 224 g/mol. The number of aromatic nitrogens is 1. The first-order valence-corrected chi connectivity index (χ1v) is 6.36.